The highest BCUT2D eigenvalue weighted by molar-refractivity contribution is 5.63. The van der Waals surface area contributed by atoms with Gasteiger partial charge in [0.1, 0.15) is 5.82 Å². The Labute approximate surface area is 137 Å². The molecule has 23 heavy (non-hydrogen) atoms. The molecule has 3 aromatic rings. The van der Waals surface area contributed by atoms with Gasteiger partial charge in [-0.05, 0) is 60.6 Å². The number of halogens is 1. The summed E-state index contributed by atoms with van der Waals surface area (Å²) in [5.41, 5.74) is 6.78. The minimum atomic E-state index is -0.114. The van der Waals surface area contributed by atoms with Crippen LogP contribution in [0.5, 0.6) is 0 Å². The van der Waals surface area contributed by atoms with Crippen LogP contribution < -0.4 is 0 Å². The van der Waals surface area contributed by atoms with Crippen molar-refractivity contribution in [1.29, 1.82) is 0 Å². The van der Waals surface area contributed by atoms with E-state index in [4.69, 9.17) is 0 Å². The van der Waals surface area contributed by atoms with Crippen LogP contribution in [-0.4, -0.2) is 0 Å². The van der Waals surface area contributed by atoms with Crippen molar-refractivity contribution < 1.29 is 4.39 Å². The van der Waals surface area contributed by atoms with Crippen molar-refractivity contribution in [3.8, 4) is 11.1 Å². The summed E-state index contributed by atoms with van der Waals surface area (Å²) < 4.78 is 13.6. The van der Waals surface area contributed by atoms with E-state index in [1.807, 2.05) is 12.1 Å². The summed E-state index contributed by atoms with van der Waals surface area (Å²) >= 11 is 0. The summed E-state index contributed by atoms with van der Waals surface area (Å²) in [5.74, 6) is -0.114. The molecule has 0 radical (unpaired) electrons. The molecule has 1 heteroatoms. The smallest absolute Gasteiger partial charge is 0.126 e. The third-order valence-corrected chi connectivity index (χ3v) is 4.28. The minimum absolute atomic E-state index is 0.114. The molecule has 0 fully saturated rings. The Balaban J connectivity index is 1.67. The number of rotatable bonds is 4. The van der Waals surface area contributed by atoms with Gasteiger partial charge < -0.3 is 0 Å². The highest BCUT2D eigenvalue weighted by Gasteiger charge is 2.02. The molecule has 0 nitrogen and oxygen atoms in total. The normalized spacial score (nSPS) is 10.7. The highest BCUT2D eigenvalue weighted by Crippen LogP contribution is 2.21. The van der Waals surface area contributed by atoms with E-state index in [9.17, 15) is 4.39 Å². The molecule has 0 N–H and O–H groups in total. The lowest BCUT2D eigenvalue weighted by Gasteiger charge is -2.06. The van der Waals surface area contributed by atoms with Crippen LogP contribution in [0, 0.1) is 19.7 Å². The molecule has 0 spiro atoms. The molecule has 0 atom stereocenters. The van der Waals surface area contributed by atoms with Gasteiger partial charge in [0.2, 0.25) is 0 Å². The second-order valence-corrected chi connectivity index (χ2v) is 6.15. The lowest BCUT2D eigenvalue weighted by atomic mass is 9.99. The van der Waals surface area contributed by atoms with Crippen LogP contribution in [0.3, 0.4) is 0 Å². The summed E-state index contributed by atoms with van der Waals surface area (Å²) in [6.07, 6.45) is 1.79. The second kappa shape index (κ2) is 6.78. The summed E-state index contributed by atoms with van der Waals surface area (Å²) in [4.78, 5) is 0. The quantitative estimate of drug-likeness (QED) is 0.563. The first kappa shape index (κ1) is 15.5. The maximum atomic E-state index is 13.6. The van der Waals surface area contributed by atoms with Crippen LogP contribution in [0.15, 0.2) is 66.7 Å². The van der Waals surface area contributed by atoms with Gasteiger partial charge in [-0.15, -0.1) is 0 Å². The molecular weight excluding hydrogens is 283 g/mol. The van der Waals surface area contributed by atoms with Crippen LogP contribution in [-0.2, 0) is 12.8 Å². The maximum Gasteiger partial charge on any atom is 0.126 e. The molecule has 0 aliphatic heterocycles. The molecule has 0 saturated carbocycles. The third kappa shape index (κ3) is 3.87. The molecule has 3 rings (SSSR count). The van der Waals surface area contributed by atoms with E-state index in [1.54, 1.807) is 13.0 Å². The van der Waals surface area contributed by atoms with E-state index < -0.39 is 0 Å². The fraction of sp³-hybridized carbons (Fsp3) is 0.182. The number of benzene rings is 3. The third-order valence-electron chi connectivity index (χ3n) is 4.28. The van der Waals surface area contributed by atoms with E-state index in [1.165, 1.54) is 22.3 Å². The van der Waals surface area contributed by atoms with Gasteiger partial charge in [-0.1, -0.05) is 66.2 Å². The Morgan fingerprint density at radius 1 is 0.652 bits per heavy atom. The molecular formula is C22H21F. The van der Waals surface area contributed by atoms with Gasteiger partial charge in [-0.2, -0.15) is 0 Å². The van der Waals surface area contributed by atoms with Crippen molar-refractivity contribution in [2.75, 3.05) is 0 Å². The standard InChI is InChI=1S/C22H21F/c1-16-3-11-20(12-4-16)21-13-9-18(10-14-21)7-8-19-6-5-17(2)22(23)15-19/h3-6,9-15H,7-8H2,1-2H3. The number of hydrogen-bond donors (Lipinski definition) is 0. The highest BCUT2D eigenvalue weighted by atomic mass is 19.1. The molecule has 0 amide bonds. The van der Waals surface area contributed by atoms with E-state index in [-0.39, 0.29) is 5.82 Å². The zero-order valence-electron chi connectivity index (χ0n) is 13.6. The fourth-order valence-corrected chi connectivity index (χ4v) is 2.69. The Morgan fingerprint density at radius 2 is 1.17 bits per heavy atom. The second-order valence-electron chi connectivity index (χ2n) is 6.15. The van der Waals surface area contributed by atoms with Gasteiger partial charge in [-0.25, -0.2) is 4.39 Å². The first-order valence-corrected chi connectivity index (χ1v) is 8.03. The van der Waals surface area contributed by atoms with Crippen LogP contribution in [0.2, 0.25) is 0 Å². The topological polar surface area (TPSA) is 0 Å². The molecule has 0 aliphatic rings. The summed E-state index contributed by atoms with van der Waals surface area (Å²) in [6.45, 7) is 3.89. The first-order valence-electron chi connectivity index (χ1n) is 8.03. The molecule has 0 aromatic heterocycles. The van der Waals surface area contributed by atoms with Crippen molar-refractivity contribution in [2.45, 2.75) is 26.7 Å². The van der Waals surface area contributed by atoms with Crippen LogP contribution in [0.25, 0.3) is 11.1 Å². The van der Waals surface area contributed by atoms with Gasteiger partial charge >= 0.3 is 0 Å². The van der Waals surface area contributed by atoms with Crippen LogP contribution in [0.1, 0.15) is 22.3 Å². The van der Waals surface area contributed by atoms with Gasteiger partial charge in [0.25, 0.3) is 0 Å². The number of hydrogen-bond acceptors (Lipinski definition) is 0. The summed E-state index contributed by atoms with van der Waals surface area (Å²) in [6, 6.07) is 22.7. The maximum absolute atomic E-state index is 13.6. The zero-order valence-corrected chi connectivity index (χ0v) is 13.6. The van der Waals surface area contributed by atoms with Crippen molar-refractivity contribution >= 4 is 0 Å². The molecule has 0 unspecified atom stereocenters. The Bertz CT molecular complexity index is 783. The predicted molar refractivity (Wildman–Crippen MR) is 95.2 cm³/mol. The summed E-state index contributed by atoms with van der Waals surface area (Å²) in [5, 5.41) is 0. The average molecular weight is 304 g/mol. The number of aryl methyl sites for hydroxylation is 4. The lowest BCUT2D eigenvalue weighted by molar-refractivity contribution is 0.616. The zero-order chi connectivity index (χ0) is 16.2. The van der Waals surface area contributed by atoms with Crippen molar-refractivity contribution in [2.24, 2.45) is 0 Å². The van der Waals surface area contributed by atoms with E-state index in [0.717, 1.165) is 18.4 Å². The molecule has 3 aromatic carbocycles. The van der Waals surface area contributed by atoms with Crippen molar-refractivity contribution in [3.63, 3.8) is 0 Å². The molecule has 0 saturated heterocycles. The van der Waals surface area contributed by atoms with Crippen LogP contribution >= 0.6 is 0 Å². The molecule has 116 valence electrons. The monoisotopic (exact) mass is 304 g/mol. The van der Waals surface area contributed by atoms with Gasteiger partial charge in [0.05, 0.1) is 0 Å². The lowest BCUT2D eigenvalue weighted by Crippen LogP contribution is -1.93. The predicted octanol–water partition coefficient (Wildman–Crippen LogP) is 5.89. The van der Waals surface area contributed by atoms with Crippen LogP contribution in [0.4, 0.5) is 4.39 Å². The average Bonchev–Trinajstić information content (AvgIpc) is 2.57. The van der Waals surface area contributed by atoms with E-state index in [2.05, 4.69) is 55.5 Å². The molecule has 0 aliphatic carbocycles. The van der Waals surface area contributed by atoms with Crippen molar-refractivity contribution in [3.05, 3.63) is 94.8 Å². The Kier molecular flexibility index (Phi) is 4.57. The Morgan fingerprint density at radius 3 is 1.78 bits per heavy atom. The van der Waals surface area contributed by atoms with E-state index >= 15 is 0 Å². The fourth-order valence-electron chi connectivity index (χ4n) is 2.69. The SMILES string of the molecule is Cc1ccc(-c2ccc(CCc3ccc(C)c(F)c3)cc2)cc1. The Hall–Kier alpha value is -2.41. The largest absolute Gasteiger partial charge is 0.207 e. The van der Waals surface area contributed by atoms with Crippen molar-refractivity contribution in [1.82, 2.24) is 0 Å². The molecule has 0 bridgehead atoms. The first-order chi connectivity index (χ1) is 11.1. The van der Waals surface area contributed by atoms with Gasteiger partial charge in [0.15, 0.2) is 0 Å². The van der Waals surface area contributed by atoms with E-state index in [0.29, 0.717) is 5.56 Å². The minimum Gasteiger partial charge on any atom is -0.207 e. The van der Waals surface area contributed by atoms with Gasteiger partial charge in [-0.3, -0.25) is 0 Å². The van der Waals surface area contributed by atoms with Gasteiger partial charge in [0, 0.05) is 0 Å². The summed E-state index contributed by atoms with van der Waals surface area (Å²) in [7, 11) is 0. The molecule has 0 heterocycles.